The zero-order valence-corrected chi connectivity index (χ0v) is 17.0. The van der Waals surface area contributed by atoms with Crippen LogP contribution in [0.15, 0.2) is 18.3 Å². The summed E-state index contributed by atoms with van der Waals surface area (Å²) >= 11 is 0. The Kier molecular flexibility index (Phi) is 6.71. The van der Waals surface area contributed by atoms with Crippen LogP contribution >= 0.6 is 0 Å². The molecule has 2 saturated heterocycles. The number of aliphatic hydroxyl groups excluding tert-OH is 1. The van der Waals surface area contributed by atoms with E-state index in [1.54, 1.807) is 6.20 Å². The molecule has 150 valence electrons. The van der Waals surface area contributed by atoms with E-state index >= 15 is 0 Å². The Morgan fingerprint density at radius 3 is 2.48 bits per heavy atom. The average molecular weight is 375 g/mol. The summed E-state index contributed by atoms with van der Waals surface area (Å²) in [6.45, 7) is 9.51. The van der Waals surface area contributed by atoms with Gasteiger partial charge in [-0.05, 0) is 50.3 Å². The Hall–Kier alpha value is -1.66. The molecule has 3 heterocycles. The third kappa shape index (κ3) is 5.20. The van der Waals surface area contributed by atoms with Gasteiger partial charge in [0.1, 0.15) is 5.82 Å². The molecule has 1 N–H and O–H groups in total. The average Bonchev–Trinajstić information content (AvgIpc) is 2.68. The maximum Gasteiger partial charge on any atom is 0.254 e. The summed E-state index contributed by atoms with van der Waals surface area (Å²) in [4.78, 5) is 23.8. The highest BCUT2D eigenvalue weighted by atomic mass is 16.3. The summed E-state index contributed by atoms with van der Waals surface area (Å²) < 4.78 is 0. The van der Waals surface area contributed by atoms with Crippen LogP contribution in [0.1, 0.15) is 43.5 Å². The van der Waals surface area contributed by atoms with Crippen molar-refractivity contribution in [1.29, 1.82) is 0 Å². The Morgan fingerprint density at radius 1 is 1.19 bits per heavy atom. The molecule has 2 fully saturated rings. The van der Waals surface area contributed by atoms with Gasteiger partial charge >= 0.3 is 0 Å². The highest BCUT2D eigenvalue weighted by molar-refractivity contribution is 5.95. The molecule has 1 atom stereocenters. The molecule has 0 aliphatic carbocycles. The second-order valence-corrected chi connectivity index (χ2v) is 8.52. The second-order valence-electron chi connectivity index (χ2n) is 8.52. The minimum atomic E-state index is -0.203. The summed E-state index contributed by atoms with van der Waals surface area (Å²) in [5.41, 5.74) is 0.728. The van der Waals surface area contributed by atoms with Crippen LogP contribution in [0.3, 0.4) is 0 Å². The monoisotopic (exact) mass is 374 g/mol. The summed E-state index contributed by atoms with van der Waals surface area (Å²) in [7, 11) is 2.09. The molecule has 6 heteroatoms. The molecule has 0 aromatic carbocycles. The number of nitrogens with zero attached hydrogens (tertiary/aromatic N) is 4. The highest BCUT2D eigenvalue weighted by Crippen LogP contribution is 2.27. The molecule has 0 saturated carbocycles. The number of rotatable bonds is 5. The van der Waals surface area contributed by atoms with Crippen molar-refractivity contribution in [2.75, 3.05) is 51.2 Å². The van der Waals surface area contributed by atoms with E-state index in [9.17, 15) is 9.90 Å². The zero-order valence-electron chi connectivity index (χ0n) is 17.0. The number of likely N-dealkylation sites (N-methyl/N-ethyl adjacent to an activating group) is 1. The van der Waals surface area contributed by atoms with Gasteiger partial charge in [-0.3, -0.25) is 4.79 Å². The maximum absolute atomic E-state index is 12.8. The van der Waals surface area contributed by atoms with E-state index < -0.39 is 0 Å². The first kappa shape index (κ1) is 20.1. The molecule has 6 nitrogen and oxygen atoms in total. The quantitative estimate of drug-likeness (QED) is 0.855. The molecule has 2 aliphatic heterocycles. The van der Waals surface area contributed by atoms with E-state index in [4.69, 9.17) is 0 Å². The number of amides is 1. The number of aliphatic hydroxyl groups is 1. The predicted molar refractivity (Wildman–Crippen MR) is 108 cm³/mol. The van der Waals surface area contributed by atoms with E-state index in [1.165, 1.54) is 0 Å². The number of anilines is 1. The van der Waals surface area contributed by atoms with Crippen LogP contribution in [-0.4, -0.2) is 78.2 Å². The molecular formula is C21H34N4O2. The molecule has 1 aromatic rings. The van der Waals surface area contributed by atoms with Crippen LogP contribution in [0.25, 0.3) is 0 Å². The molecular weight excluding hydrogens is 340 g/mol. The number of carbonyl (C=O) groups is 1. The molecule has 2 aliphatic rings. The third-order valence-electron chi connectivity index (χ3n) is 5.90. The Labute approximate surface area is 163 Å². The number of aromatic nitrogens is 1. The van der Waals surface area contributed by atoms with Crippen molar-refractivity contribution in [2.45, 2.75) is 39.2 Å². The van der Waals surface area contributed by atoms with Gasteiger partial charge in [-0.15, -0.1) is 0 Å². The van der Waals surface area contributed by atoms with Crippen molar-refractivity contribution in [3.8, 4) is 0 Å². The molecule has 1 amide bonds. The first-order valence-electron chi connectivity index (χ1n) is 10.3. The van der Waals surface area contributed by atoms with Crippen molar-refractivity contribution >= 4 is 11.7 Å². The number of hydrogen-bond acceptors (Lipinski definition) is 5. The highest BCUT2D eigenvalue weighted by Gasteiger charge is 2.27. The normalized spacial score (nSPS) is 20.9. The van der Waals surface area contributed by atoms with Crippen LogP contribution in [0.4, 0.5) is 5.82 Å². The summed E-state index contributed by atoms with van der Waals surface area (Å²) in [6.07, 6.45) is 4.37. The van der Waals surface area contributed by atoms with Crippen LogP contribution in [0, 0.1) is 11.8 Å². The van der Waals surface area contributed by atoms with Gasteiger partial charge in [-0.1, -0.05) is 13.8 Å². The molecule has 0 bridgehead atoms. The topological polar surface area (TPSA) is 59.9 Å². The lowest BCUT2D eigenvalue weighted by Gasteiger charge is -2.35. The fourth-order valence-electron chi connectivity index (χ4n) is 4.11. The van der Waals surface area contributed by atoms with Crippen LogP contribution in [-0.2, 0) is 0 Å². The van der Waals surface area contributed by atoms with E-state index in [0.717, 1.165) is 69.9 Å². The van der Waals surface area contributed by atoms with Crippen molar-refractivity contribution in [3.63, 3.8) is 0 Å². The van der Waals surface area contributed by atoms with Gasteiger partial charge in [0.25, 0.3) is 5.91 Å². The summed E-state index contributed by atoms with van der Waals surface area (Å²) in [6, 6.07) is 3.76. The Balaban J connectivity index is 1.59. The first-order valence-corrected chi connectivity index (χ1v) is 10.3. The zero-order chi connectivity index (χ0) is 19.4. The van der Waals surface area contributed by atoms with Crippen LogP contribution in [0.2, 0.25) is 0 Å². The number of carbonyl (C=O) groups excluding carboxylic acids is 1. The van der Waals surface area contributed by atoms with E-state index in [0.29, 0.717) is 11.8 Å². The second kappa shape index (κ2) is 9.02. The number of pyridine rings is 1. The molecule has 0 radical (unpaired) electrons. The van der Waals surface area contributed by atoms with Gasteiger partial charge in [0.2, 0.25) is 0 Å². The maximum atomic E-state index is 12.8. The molecule has 1 unspecified atom stereocenters. The molecule has 3 rings (SSSR count). The smallest absolute Gasteiger partial charge is 0.254 e. The van der Waals surface area contributed by atoms with Gasteiger partial charge < -0.3 is 19.8 Å². The largest absolute Gasteiger partial charge is 0.393 e. The fourth-order valence-corrected chi connectivity index (χ4v) is 4.11. The summed E-state index contributed by atoms with van der Waals surface area (Å²) in [5, 5.41) is 10.4. The van der Waals surface area contributed by atoms with Crippen molar-refractivity contribution in [2.24, 2.45) is 11.8 Å². The SMILES string of the molecule is CC(C)CC(O)C1CCN(c2cc(C(=O)N3CCN(C)CC3)ccn2)CC1. The van der Waals surface area contributed by atoms with E-state index in [1.807, 2.05) is 17.0 Å². The number of piperidine rings is 1. The lowest BCUT2D eigenvalue weighted by atomic mass is 9.87. The van der Waals surface area contributed by atoms with Gasteiger partial charge in [0.05, 0.1) is 6.10 Å². The number of hydrogen-bond donors (Lipinski definition) is 1. The third-order valence-corrected chi connectivity index (χ3v) is 5.90. The van der Waals surface area contributed by atoms with Crippen molar-refractivity contribution in [3.05, 3.63) is 23.9 Å². The van der Waals surface area contributed by atoms with E-state index in [-0.39, 0.29) is 12.0 Å². The van der Waals surface area contributed by atoms with Crippen molar-refractivity contribution < 1.29 is 9.90 Å². The van der Waals surface area contributed by atoms with Gasteiger partial charge in [-0.2, -0.15) is 0 Å². The Morgan fingerprint density at radius 2 is 1.85 bits per heavy atom. The minimum absolute atomic E-state index is 0.106. The standard InChI is InChI=1S/C21H34N4O2/c1-16(2)14-19(26)17-5-8-24(9-6-17)20-15-18(4-7-22-20)21(27)25-12-10-23(3)11-13-25/h4,7,15-17,19,26H,5-6,8-14H2,1-3H3. The van der Waals surface area contributed by atoms with Crippen LogP contribution < -0.4 is 4.90 Å². The van der Waals surface area contributed by atoms with Gasteiger partial charge in [-0.25, -0.2) is 4.98 Å². The van der Waals surface area contributed by atoms with E-state index in [2.05, 4.69) is 35.7 Å². The lowest BCUT2D eigenvalue weighted by Crippen LogP contribution is -2.47. The van der Waals surface area contributed by atoms with Crippen molar-refractivity contribution in [1.82, 2.24) is 14.8 Å². The molecule has 0 spiro atoms. The molecule has 27 heavy (non-hydrogen) atoms. The predicted octanol–water partition coefficient (Wildman–Crippen LogP) is 2.09. The fraction of sp³-hybridized carbons (Fsp3) is 0.714. The van der Waals surface area contributed by atoms with Crippen LogP contribution in [0.5, 0.6) is 0 Å². The number of piperazine rings is 1. The van der Waals surface area contributed by atoms with Gasteiger partial charge in [0, 0.05) is 51.0 Å². The first-order chi connectivity index (χ1) is 12.9. The minimum Gasteiger partial charge on any atom is -0.393 e. The Bertz CT molecular complexity index is 620. The lowest BCUT2D eigenvalue weighted by molar-refractivity contribution is 0.0664. The summed E-state index contributed by atoms with van der Waals surface area (Å²) in [5.74, 6) is 1.89. The molecule has 1 aromatic heterocycles. The van der Waals surface area contributed by atoms with Gasteiger partial charge in [0.15, 0.2) is 0 Å².